The average molecular weight is 335 g/mol. The summed E-state index contributed by atoms with van der Waals surface area (Å²) in [4.78, 5) is 4.36. The number of pyridine rings is 1. The molecular weight excluding hydrogens is 314 g/mol. The highest BCUT2D eigenvalue weighted by atomic mass is 32.2. The molecule has 7 heteroatoms. The van der Waals surface area contributed by atoms with E-state index in [-0.39, 0.29) is 6.10 Å². The molecule has 3 rings (SSSR count). The standard InChI is InChI=1S/C16H21N3O3S/c1-21-13-3-4-14-15(11-13)18-8-5-16(14)22-12-6-9-19(10-7-12)23(2,17)20/h3-5,8,11-12,17H,6-7,9-10H2,1-2H3. The third kappa shape index (κ3) is 3.56. The van der Waals surface area contributed by atoms with E-state index in [1.807, 2.05) is 24.3 Å². The third-order valence-corrected chi connectivity index (χ3v) is 5.45. The van der Waals surface area contributed by atoms with Gasteiger partial charge in [-0.2, -0.15) is 0 Å². The number of hydrogen-bond donors (Lipinski definition) is 1. The lowest BCUT2D eigenvalue weighted by molar-refractivity contribution is 0.138. The SMILES string of the molecule is COc1ccc2c(OC3CCN(S(C)(=N)=O)CC3)ccnc2c1. The summed E-state index contributed by atoms with van der Waals surface area (Å²) in [6, 6.07) is 7.60. The number of aromatic nitrogens is 1. The zero-order valence-electron chi connectivity index (χ0n) is 13.3. The largest absolute Gasteiger partial charge is 0.497 e. The first-order valence-electron chi connectivity index (χ1n) is 7.55. The number of hydrogen-bond acceptors (Lipinski definition) is 5. The van der Waals surface area contributed by atoms with E-state index in [4.69, 9.17) is 14.3 Å². The molecule has 1 aromatic carbocycles. The highest BCUT2D eigenvalue weighted by Crippen LogP contribution is 2.29. The second-order valence-corrected chi connectivity index (χ2v) is 7.86. The van der Waals surface area contributed by atoms with E-state index in [2.05, 4.69) is 4.98 Å². The van der Waals surface area contributed by atoms with Gasteiger partial charge in [-0.15, -0.1) is 0 Å². The topological polar surface area (TPSA) is 75.5 Å². The van der Waals surface area contributed by atoms with Crippen molar-refractivity contribution in [2.75, 3.05) is 26.5 Å². The van der Waals surface area contributed by atoms with Crippen LogP contribution < -0.4 is 9.47 Å². The number of rotatable bonds is 4. The van der Waals surface area contributed by atoms with Crippen LogP contribution in [0.5, 0.6) is 11.5 Å². The van der Waals surface area contributed by atoms with E-state index in [1.54, 1.807) is 17.6 Å². The van der Waals surface area contributed by atoms with Gasteiger partial charge in [-0.1, -0.05) is 0 Å². The lowest BCUT2D eigenvalue weighted by atomic mass is 10.1. The number of fused-ring (bicyclic) bond motifs is 1. The predicted octanol–water partition coefficient (Wildman–Crippen LogP) is 2.68. The summed E-state index contributed by atoms with van der Waals surface area (Å²) < 4.78 is 32.5. The van der Waals surface area contributed by atoms with Crippen molar-refractivity contribution in [3.63, 3.8) is 0 Å². The summed E-state index contributed by atoms with van der Waals surface area (Å²) in [5, 5.41) is 0.954. The minimum absolute atomic E-state index is 0.0701. The molecule has 1 N–H and O–H groups in total. The molecule has 0 amide bonds. The van der Waals surface area contributed by atoms with Gasteiger partial charge in [-0.05, 0) is 31.0 Å². The fourth-order valence-corrected chi connectivity index (χ4v) is 3.72. The Balaban J connectivity index is 1.75. The lowest BCUT2D eigenvalue weighted by Crippen LogP contribution is -2.40. The lowest BCUT2D eigenvalue weighted by Gasteiger charge is -2.31. The first kappa shape index (κ1) is 16.0. The van der Waals surface area contributed by atoms with Gasteiger partial charge in [0.25, 0.3) is 0 Å². The second-order valence-electron chi connectivity index (χ2n) is 5.74. The molecule has 124 valence electrons. The molecule has 1 aliphatic heterocycles. The molecule has 1 unspecified atom stereocenters. The number of benzene rings is 1. The summed E-state index contributed by atoms with van der Waals surface area (Å²) in [6.45, 7) is 1.25. The molecule has 0 aliphatic carbocycles. The molecule has 0 bridgehead atoms. The summed E-state index contributed by atoms with van der Waals surface area (Å²) in [5.41, 5.74) is 0.835. The van der Waals surface area contributed by atoms with Crippen LogP contribution in [-0.4, -0.2) is 46.1 Å². The minimum Gasteiger partial charge on any atom is -0.497 e. The van der Waals surface area contributed by atoms with Crippen molar-refractivity contribution in [1.82, 2.24) is 9.29 Å². The maximum Gasteiger partial charge on any atom is 0.130 e. The molecule has 0 spiro atoms. The molecule has 0 saturated carbocycles. The van der Waals surface area contributed by atoms with Crippen LogP contribution in [-0.2, 0) is 9.92 Å². The summed E-state index contributed by atoms with van der Waals surface area (Å²) in [7, 11) is -0.978. The van der Waals surface area contributed by atoms with Gasteiger partial charge >= 0.3 is 0 Å². The zero-order valence-corrected chi connectivity index (χ0v) is 14.1. The molecule has 1 atom stereocenters. The molecule has 1 saturated heterocycles. The number of piperidine rings is 1. The van der Waals surface area contributed by atoms with E-state index in [1.165, 1.54) is 6.26 Å². The third-order valence-electron chi connectivity index (χ3n) is 4.10. The highest BCUT2D eigenvalue weighted by molar-refractivity contribution is 7.89. The molecule has 1 fully saturated rings. The van der Waals surface area contributed by atoms with Gasteiger partial charge in [-0.3, -0.25) is 4.98 Å². The van der Waals surface area contributed by atoms with Crippen molar-refractivity contribution in [3.05, 3.63) is 30.5 Å². The van der Waals surface area contributed by atoms with Crippen molar-refractivity contribution in [2.24, 2.45) is 0 Å². The van der Waals surface area contributed by atoms with Crippen LogP contribution >= 0.6 is 0 Å². The van der Waals surface area contributed by atoms with E-state index in [0.29, 0.717) is 13.1 Å². The van der Waals surface area contributed by atoms with Gasteiger partial charge in [0.05, 0.1) is 12.6 Å². The molecule has 2 heterocycles. The fourth-order valence-electron chi connectivity index (χ4n) is 2.81. The number of ether oxygens (including phenoxy) is 2. The van der Waals surface area contributed by atoms with Crippen LogP contribution in [0.1, 0.15) is 12.8 Å². The van der Waals surface area contributed by atoms with Crippen molar-refractivity contribution >= 4 is 20.8 Å². The first-order valence-corrected chi connectivity index (χ1v) is 9.48. The molecule has 1 aliphatic rings. The van der Waals surface area contributed by atoms with Crippen LogP contribution in [0.3, 0.4) is 0 Å². The van der Waals surface area contributed by atoms with E-state index >= 15 is 0 Å². The Labute approximate surface area is 136 Å². The summed E-state index contributed by atoms with van der Waals surface area (Å²) >= 11 is 0. The number of nitrogens with zero attached hydrogens (tertiary/aromatic N) is 2. The Bertz CT molecular complexity index is 799. The van der Waals surface area contributed by atoms with Crippen LogP contribution in [0.25, 0.3) is 10.9 Å². The first-order chi connectivity index (χ1) is 11.0. The predicted molar refractivity (Wildman–Crippen MR) is 90.3 cm³/mol. The van der Waals surface area contributed by atoms with Gasteiger partial charge in [0, 0.05) is 37.0 Å². The highest BCUT2D eigenvalue weighted by Gasteiger charge is 2.24. The second kappa shape index (κ2) is 6.33. The molecule has 23 heavy (non-hydrogen) atoms. The van der Waals surface area contributed by atoms with Crippen molar-refractivity contribution in [2.45, 2.75) is 18.9 Å². The van der Waals surface area contributed by atoms with Crippen molar-refractivity contribution < 1.29 is 13.7 Å². The number of methoxy groups -OCH3 is 1. The van der Waals surface area contributed by atoms with E-state index in [0.717, 1.165) is 35.2 Å². The quantitative estimate of drug-likeness (QED) is 0.932. The van der Waals surface area contributed by atoms with Crippen molar-refractivity contribution in [1.29, 1.82) is 4.78 Å². The maximum absolute atomic E-state index is 11.8. The van der Waals surface area contributed by atoms with Crippen molar-refractivity contribution in [3.8, 4) is 11.5 Å². The van der Waals surface area contributed by atoms with Gasteiger partial charge in [0.15, 0.2) is 0 Å². The van der Waals surface area contributed by atoms with Gasteiger partial charge in [0.2, 0.25) is 0 Å². The Morgan fingerprint density at radius 1 is 1.30 bits per heavy atom. The fraction of sp³-hybridized carbons (Fsp3) is 0.438. The Kier molecular flexibility index (Phi) is 4.41. The molecule has 1 aromatic heterocycles. The summed E-state index contributed by atoms with van der Waals surface area (Å²) in [6.07, 6.45) is 4.81. The summed E-state index contributed by atoms with van der Waals surface area (Å²) in [5.74, 6) is 1.57. The molecule has 2 aromatic rings. The Morgan fingerprint density at radius 2 is 2.04 bits per heavy atom. The zero-order chi connectivity index (χ0) is 16.4. The van der Waals surface area contributed by atoms with Gasteiger partial charge < -0.3 is 9.47 Å². The Hall–Kier alpha value is -1.86. The smallest absolute Gasteiger partial charge is 0.130 e. The molecular formula is C16H21N3O3S. The van der Waals surface area contributed by atoms with E-state index < -0.39 is 9.92 Å². The maximum atomic E-state index is 11.8. The Morgan fingerprint density at radius 3 is 2.70 bits per heavy atom. The van der Waals surface area contributed by atoms with Crippen LogP contribution in [0.4, 0.5) is 0 Å². The van der Waals surface area contributed by atoms with Crippen LogP contribution in [0.15, 0.2) is 30.5 Å². The van der Waals surface area contributed by atoms with Gasteiger partial charge in [0.1, 0.15) is 27.5 Å². The molecule has 0 radical (unpaired) electrons. The van der Waals surface area contributed by atoms with Gasteiger partial charge in [-0.25, -0.2) is 13.3 Å². The van der Waals surface area contributed by atoms with Crippen LogP contribution in [0.2, 0.25) is 0 Å². The monoisotopic (exact) mass is 335 g/mol. The van der Waals surface area contributed by atoms with E-state index in [9.17, 15) is 4.21 Å². The normalized spacial score (nSPS) is 19.4. The molecule has 6 nitrogen and oxygen atoms in total. The minimum atomic E-state index is -2.61. The van der Waals surface area contributed by atoms with Crippen LogP contribution in [0, 0.1) is 4.78 Å². The number of nitrogens with one attached hydrogen (secondary N) is 1. The average Bonchev–Trinajstić information content (AvgIpc) is 2.54.